The van der Waals surface area contributed by atoms with E-state index in [1.807, 2.05) is 0 Å². The number of aromatic nitrogens is 2. The molecule has 1 heterocycles. The van der Waals surface area contributed by atoms with Crippen LogP contribution in [0, 0.1) is 0 Å². The number of rotatable bonds is 5. The quantitative estimate of drug-likeness (QED) is 0.883. The lowest BCUT2D eigenvalue weighted by atomic mass is 10.4. The Hall–Kier alpha value is -1.38. The van der Waals surface area contributed by atoms with Crippen LogP contribution in [0.25, 0.3) is 0 Å². The Bertz CT molecular complexity index is 394. The topological polar surface area (TPSA) is 66.3 Å². The van der Waals surface area contributed by atoms with Crippen LogP contribution in [-0.4, -0.2) is 33.5 Å². The van der Waals surface area contributed by atoms with Gasteiger partial charge in [-0.15, -0.1) is 0 Å². The lowest BCUT2D eigenvalue weighted by Crippen LogP contribution is -2.30. The molecule has 0 unspecified atom stereocenters. The Morgan fingerprint density at radius 2 is 2.18 bits per heavy atom. The van der Waals surface area contributed by atoms with Crippen LogP contribution in [0.1, 0.15) is 19.2 Å². The maximum Gasteiger partial charge on any atom is 0.452 e. The van der Waals surface area contributed by atoms with Crippen molar-refractivity contribution in [2.45, 2.75) is 19.5 Å². The van der Waals surface area contributed by atoms with E-state index in [1.165, 1.54) is 4.90 Å². The summed E-state index contributed by atoms with van der Waals surface area (Å²) in [6.07, 6.45) is -4.00. The van der Waals surface area contributed by atoms with E-state index in [2.05, 4.69) is 9.36 Å². The van der Waals surface area contributed by atoms with Crippen LogP contribution in [0.15, 0.2) is 0 Å². The Labute approximate surface area is 99.1 Å². The number of carbonyl (C=O) groups is 1. The second-order valence-electron chi connectivity index (χ2n) is 3.21. The summed E-state index contributed by atoms with van der Waals surface area (Å²) in [5, 5.41) is 8.60. The van der Waals surface area contributed by atoms with Gasteiger partial charge in [-0.25, -0.2) is 0 Å². The number of hydrogen-bond donors (Lipinski definition) is 1. The monoisotopic (exact) mass is 269 g/mol. The zero-order valence-electron chi connectivity index (χ0n) is 8.86. The van der Waals surface area contributed by atoms with Gasteiger partial charge in [0.15, 0.2) is 0 Å². The van der Waals surface area contributed by atoms with E-state index < -0.39 is 18.0 Å². The number of alkyl halides is 3. The van der Waals surface area contributed by atoms with Crippen LogP contribution in [0.4, 0.5) is 18.3 Å². The predicted molar refractivity (Wildman–Crippen MR) is 55.1 cm³/mol. The highest BCUT2D eigenvalue weighted by atomic mass is 32.1. The number of halogens is 3. The molecule has 5 nitrogen and oxygen atoms in total. The fourth-order valence-electron chi connectivity index (χ4n) is 1.13. The molecule has 1 aromatic heterocycles. The average molecular weight is 269 g/mol. The van der Waals surface area contributed by atoms with Gasteiger partial charge in [-0.3, -0.25) is 4.79 Å². The maximum absolute atomic E-state index is 12.3. The van der Waals surface area contributed by atoms with Gasteiger partial charge in [0.25, 0.3) is 0 Å². The molecule has 0 atom stereocenters. The number of carboxylic acids is 1. The van der Waals surface area contributed by atoms with Gasteiger partial charge in [0.1, 0.15) is 6.54 Å². The van der Waals surface area contributed by atoms with Crippen LogP contribution in [-0.2, 0) is 11.0 Å². The van der Waals surface area contributed by atoms with Gasteiger partial charge in [0, 0.05) is 18.1 Å². The molecule has 0 spiro atoms. The van der Waals surface area contributed by atoms with Gasteiger partial charge in [-0.1, -0.05) is 6.92 Å². The van der Waals surface area contributed by atoms with Crippen molar-refractivity contribution < 1.29 is 23.1 Å². The summed E-state index contributed by atoms with van der Waals surface area (Å²) in [6.45, 7) is 1.72. The Kier molecular flexibility index (Phi) is 4.27. The van der Waals surface area contributed by atoms with Crippen LogP contribution in [0.5, 0.6) is 0 Å². The molecule has 9 heteroatoms. The molecule has 0 bridgehead atoms. The Balaban J connectivity index is 2.87. The number of anilines is 1. The molecule has 1 N–H and O–H groups in total. The SMILES string of the molecule is CCCN(CC(=O)O)c1nc(C(F)(F)F)ns1. The highest BCUT2D eigenvalue weighted by Crippen LogP contribution is 2.30. The average Bonchev–Trinajstić information content (AvgIpc) is 2.64. The first-order chi connectivity index (χ1) is 7.84. The fourth-order valence-corrected chi connectivity index (χ4v) is 1.85. The van der Waals surface area contributed by atoms with Crippen molar-refractivity contribution in [2.75, 3.05) is 18.0 Å². The Morgan fingerprint density at radius 3 is 2.59 bits per heavy atom. The molecule has 17 heavy (non-hydrogen) atoms. The summed E-state index contributed by atoms with van der Waals surface area (Å²) in [5.74, 6) is -2.36. The number of nitrogens with zero attached hydrogens (tertiary/aromatic N) is 3. The van der Waals surface area contributed by atoms with Crippen LogP contribution in [0.2, 0.25) is 0 Å². The van der Waals surface area contributed by atoms with Crippen molar-refractivity contribution in [1.82, 2.24) is 9.36 Å². The predicted octanol–water partition coefficient (Wildman–Crippen LogP) is 1.86. The first-order valence-electron chi connectivity index (χ1n) is 4.72. The molecule has 0 aliphatic rings. The normalized spacial score (nSPS) is 11.5. The minimum atomic E-state index is -4.60. The summed E-state index contributed by atoms with van der Waals surface area (Å²) in [5.41, 5.74) is 0. The zero-order valence-corrected chi connectivity index (χ0v) is 9.68. The maximum atomic E-state index is 12.3. The smallest absolute Gasteiger partial charge is 0.452 e. The molecule has 0 aliphatic heterocycles. The van der Waals surface area contributed by atoms with E-state index >= 15 is 0 Å². The molecule has 0 fully saturated rings. The van der Waals surface area contributed by atoms with Crippen molar-refractivity contribution >= 4 is 22.6 Å². The lowest BCUT2D eigenvalue weighted by Gasteiger charge is -2.17. The molecular formula is C8H10F3N3O2S. The van der Waals surface area contributed by atoms with Crippen molar-refractivity contribution in [3.05, 3.63) is 5.82 Å². The standard InChI is InChI=1S/C8H10F3N3O2S/c1-2-3-14(4-5(15)16)7-12-6(13-17-7)8(9,10)11/h2-4H2,1H3,(H,15,16). The summed E-state index contributed by atoms with van der Waals surface area (Å²) in [6, 6.07) is 0. The summed E-state index contributed by atoms with van der Waals surface area (Å²) in [4.78, 5) is 15.1. The lowest BCUT2D eigenvalue weighted by molar-refractivity contribution is -0.144. The molecule has 0 aliphatic carbocycles. The van der Waals surface area contributed by atoms with Crippen molar-refractivity contribution in [2.24, 2.45) is 0 Å². The molecule has 1 aromatic rings. The largest absolute Gasteiger partial charge is 0.480 e. The molecule has 0 aromatic carbocycles. The van der Waals surface area contributed by atoms with Crippen molar-refractivity contribution in [3.8, 4) is 0 Å². The van der Waals surface area contributed by atoms with Crippen molar-refractivity contribution in [1.29, 1.82) is 0 Å². The number of carboxylic acid groups (broad SMARTS) is 1. The van der Waals surface area contributed by atoms with Crippen LogP contribution in [0.3, 0.4) is 0 Å². The van der Waals surface area contributed by atoms with Crippen molar-refractivity contribution in [3.63, 3.8) is 0 Å². The second-order valence-corrected chi connectivity index (χ2v) is 3.94. The summed E-state index contributed by atoms with van der Waals surface area (Å²) < 4.78 is 39.9. The molecular weight excluding hydrogens is 259 g/mol. The van der Waals surface area contributed by atoms with Gasteiger partial charge in [0.2, 0.25) is 11.0 Å². The van der Waals surface area contributed by atoms with E-state index in [4.69, 9.17) is 5.11 Å². The van der Waals surface area contributed by atoms with Gasteiger partial charge >= 0.3 is 12.1 Å². The number of aliphatic carboxylic acids is 1. The first kappa shape index (κ1) is 13.7. The van der Waals surface area contributed by atoms with E-state index in [0.29, 0.717) is 24.5 Å². The molecule has 0 amide bonds. The highest BCUT2D eigenvalue weighted by molar-refractivity contribution is 7.09. The van der Waals surface area contributed by atoms with Gasteiger partial charge in [-0.2, -0.15) is 22.5 Å². The van der Waals surface area contributed by atoms with Gasteiger partial charge < -0.3 is 10.0 Å². The third-order valence-electron chi connectivity index (χ3n) is 1.76. The molecule has 0 saturated carbocycles. The van der Waals surface area contributed by atoms with Crippen LogP contribution >= 0.6 is 11.5 Å². The highest BCUT2D eigenvalue weighted by Gasteiger charge is 2.36. The Morgan fingerprint density at radius 1 is 1.53 bits per heavy atom. The fraction of sp³-hybridized carbons (Fsp3) is 0.625. The molecule has 1 rings (SSSR count). The molecule has 96 valence electrons. The third-order valence-corrected chi connectivity index (χ3v) is 2.54. The third kappa shape index (κ3) is 3.84. The molecule has 0 radical (unpaired) electrons. The number of hydrogen-bond acceptors (Lipinski definition) is 5. The minimum Gasteiger partial charge on any atom is -0.480 e. The van der Waals surface area contributed by atoms with Gasteiger partial charge in [0.05, 0.1) is 0 Å². The van der Waals surface area contributed by atoms with Crippen LogP contribution < -0.4 is 4.90 Å². The van der Waals surface area contributed by atoms with Gasteiger partial charge in [-0.05, 0) is 6.42 Å². The zero-order chi connectivity index (χ0) is 13.1. The molecule has 0 saturated heterocycles. The summed E-state index contributed by atoms with van der Waals surface area (Å²) >= 11 is 0.548. The second kappa shape index (κ2) is 5.30. The summed E-state index contributed by atoms with van der Waals surface area (Å²) in [7, 11) is 0. The minimum absolute atomic E-state index is 0.0263. The van der Waals surface area contributed by atoms with E-state index in [1.54, 1.807) is 6.92 Å². The first-order valence-corrected chi connectivity index (χ1v) is 5.49. The van der Waals surface area contributed by atoms with E-state index in [-0.39, 0.29) is 11.7 Å². The van der Waals surface area contributed by atoms with E-state index in [9.17, 15) is 18.0 Å². The van der Waals surface area contributed by atoms with E-state index in [0.717, 1.165) is 0 Å².